The van der Waals surface area contributed by atoms with Crippen LogP contribution in [0.1, 0.15) is 18.4 Å². The van der Waals surface area contributed by atoms with E-state index in [1.807, 2.05) is 17.0 Å². The molecule has 1 aliphatic heterocycles. The number of halogens is 1. The van der Waals surface area contributed by atoms with Crippen molar-refractivity contribution in [2.45, 2.75) is 19.3 Å². The van der Waals surface area contributed by atoms with E-state index in [0.717, 1.165) is 32.4 Å². The van der Waals surface area contributed by atoms with Crippen LogP contribution in [0.5, 0.6) is 0 Å². The molecule has 1 heterocycles. The molecule has 0 aromatic heterocycles. The van der Waals surface area contributed by atoms with Crippen LogP contribution in [0.15, 0.2) is 24.3 Å². The number of nitrogens with zero attached hydrogens (tertiary/aromatic N) is 1. The summed E-state index contributed by atoms with van der Waals surface area (Å²) in [4.78, 5) is 13.3. The number of amides is 1. The summed E-state index contributed by atoms with van der Waals surface area (Å²) >= 11 is 0. The van der Waals surface area contributed by atoms with Crippen molar-refractivity contribution in [2.75, 3.05) is 19.6 Å². The first-order chi connectivity index (χ1) is 8.69. The van der Waals surface area contributed by atoms with Gasteiger partial charge in [0.15, 0.2) is 0 Å². The molecule has 2 rings (SSSR count). The van der Waals surface area contributed by atoms with E-state index in [9.17, 15) is 9.18 Å². The molecule has 1 aromatic carbocycles. The Labute approximate surface area is 107 Å². The molecule has 1 fully saturated rings. The quantitative estimate of drug-likeness (QED) is 0.885. The van der Waals surface area contributed by atoms with E-state index in [1.54, 1.807) is 0 Å². The third-order valence-electron chi connectivity index (χ3n) is 3.58. The van der Waals surface area contributed by atoms with Crippen LogP contribution in [0.25, 0.3) is 0 Å². The van der Waals surface area contributed by atoms with Crippen LogP contribution in [0.3, 0.4) is 0 Å². The fourth-order valence-electron chi connectivity index (χ4n) is 2.47. The van der Waals surface area contributed by atoms with Crippen molar-refractivity contribution in [3.05, 3.63) is 35.6 Å². The van der Waals surface area contributed by atoms with Crippen molar-refractivity contribution in [3.63, 3.8) is 0 Å². The lowest BCUT2D eigenvalue weighted by atomic mass is 9.90. The van der Waals surface area contributed by atoms with E-state index in [4.69, 9.17) is 5.73 Å². The number of likely N-dealkylation sites (tertiary alicyclic amines) is 1. The molecule has 0 radical (unpaired) electrons. The Bertz CT molecular complexity index is 397. The maximum atomic E-state index is 12.8. The number of carbonyl (C=O) groups is 1. The highest BCUT2D eigenvalue weighted by Crippen LogP contribution is 2.21. The number of nitrogens with two attached hydrogens (primary N) is 1. The molecule has 2 N–H and O–H groups in total. The summed E-state index contributed by atoms with van der Waals surface area (Å²) in [6.07, 6.45) is 2.97. The number of carbonyl (C=O) groups excluding carboxylic acids is 1. The molecule has 0 bridgehead atoms. The topological polar surface area (TPSA) is 46.3 Å². The first-order valence-electron chi connectivity index (χ1n) is 6.41. The summed E-state index contributed by atoms with van der Waals surface area (Å²) < 4.78 is 12.8. The normalized spacial score (nSPS) is 16.9. The first-order valence-corrected chi connectivity index (χ1v) is 6.41. The van der Waals surface area contributed by atoms with Crippen LogP contribution in [0, 0.1) is 11.7 Å². The zero-order valence-electron chi connectivity index (χ0n) is 10.4. The SMILES string of the molecule is NCC(=O)N1CCC(Cc2ccc(F)cc2)CC1. The fraction of sp³-hybridized carbons (Fsp3) is 0.500. The summed E-state index contributed by atoms with van der Waals surface area (Å²) in [5.41, 5.74) is 6.52. The summed E-state index contributed by atoms with van der Waals surface area (Å²) in [5, 5.41) is 0. The molecule has 98 valence electrons. The molecule has 1 amide bonds. The molecule has 3 nitrogen and oxygen atoms in total. The van der Waals surface area contributed by atoms with Crippen molar-refractivity contribution >= 4 is 5.91 Å². The third kappa shape index (κ3) is 3.29. The molecule has 0 spiro atoms. The van der Waals surface area contributed by atoms with Crippen LogP contribution in [0.4, 0.5) is 4.39 Å². The minimum Gasteiger partial charge on any atom is -0.342 e. The summed E-state index contributed by atoms with van der Waals surface area (Å²) in [6.45, 7) is 1.69. The minimum absolute atomic E-state index is 0.0373. The molecule has 1 saturated heterocycles. The van der Waals surface area contributed by atoms with Gasteiger partial charge in [0.2, 0.25) is 5.91 Å². The maximum absolute atomic E-state index is 12.8. The zero-order chi connectivity index (χ0) is 13.0. The predicted molar refractivity (Wildman–Crippen MR) is 68.5 cm³/mol. The van der Waals surface area contributed by atoms with Gasteiger partial charge >= 0.3 is 0 Å². The number of hydrogen-bond donors (Lipinski definition) is 1. The highest BCUT2D eigenvalue weighted by molar-refractivity contribution is 5.78. The number of rotatable bonds is 3. The van der Waals surface area contributed by atoms with Gasteiger partial charge in [-0.25, -0.2) is 4.39 Å². The van der Waals surface area contributed by atoms with Crippen molar-refractivity contribution in [1.29, 1.82) is 0 Å². The molecule has 18 heavy (non-hydrogen) atoms. The van der Waals surface area contributed by atoms with Crippen LogP contribution >= 0.6 is 0 Å². The number of benzene rings is 1. The monoisotopic (exact) mass is 250 g/mol. The van der Waals surface area contributed by atoms with E-state index in [1.165, 1.54) is 17.7 Å². The molecule has 1 aromatic rings. The van der Waals surface area contributed by atoms with E-state index in [2.05, 4.69) is 0 Å². The Morgan fingerprint density at radius 3 is 2.44 bits per heavy atom. The van der Waals surface area contributed by atoms with Gasteiger partial charge < -0.3 is 10.6 Å². The Balaban J connectivity index is 1.83. The number of piperidine rings is 1. The van der Waals surface area contributed by atoms with Gasteiger partial charge in [-0.2, -0.15) is 0 Å². The third-order valence-corrected chi connectivity index (χ3v) is 3.58. The molecule has 0 aliphatic carbocycles. The predicted octanol–water partition coefficient (Wildman–Crippen LogP) is 1.57. The van der Waals surface area contributed by atoms with Crippen LogP contribution in [0.2, 0.25) is 0 Å². The second-order valence-corrected chi connectivity index (χ2v) is 4.86. The van der Waals surface area contributed by atoms with Crippen LogP contribution < -0.4 is 5.73 Å². The first kappa shape index (κ1) is 13.0. The average molecular weight is 250 g/mol. The van der Waals surface area contributed by atoms with Gasteiger partial charge in [0.1, 0.15) is 5.82 Å². The van der Waals surface area contributed by atoms with Gasteiger partial charge in [-0.15, -0.1) is 0 Å². The van der Waals surface area contributed by atoms with Gasteiger partial charge in [-0.05, 0) is 42.9 Å². The summed E-state index contributed by atoms with van der Waals surface area (Å²) in [5.74, 6) is 0.426. The highest BCUT2D eigenvalue weighted by Gasteiger charge is 2.21. The Morgan fingerprint density at radius 1 is 1.28 bits per heavy atom. The Kier molecular flexibility index (Phi) is 4.31. The molecule has 4 heteroatoms. The second kappa shape index (κ2) is 5.96. The number of hydrogen-bond acceptors (Lipinski definition) is 2. The summed E-state index contributed by atoms with van der Waals surface area (Å²) in [6, 6.07) is 6.68. The highest BCUT2D eigenvalue weighted by atomic mass is 19.1. The van der Waals surface area contributed by atoms with E-state index < -0.39 is 0 Å². The lowest BCUT2D eigenvalue weighted by molar-refractivity contribution is -0.131. The Hall–Kier alpha value is -1.42. The van der Waals surface area contributed by atoms with Crippen molar-refractivity contribution in [3.8, 4) is 0 Å². The van der Waals surface area contributed by atoms with Crippen molar-refractivity contribution in [2.24, 2.45) is 11.7 Å². The molecule has 0 unspecified atom stereocenters. The standard InChI is InChI=1S/C14H19FN2O/c15-13-3-1-11(2-4-13)9-12-5-7-17(8-6-12)14(18)10-16/h1-4,12H,5-10,16H2. The van der Waals surface area contributed by atoms with E-state index >= 15 is 0 Å². The average Bonchev–Trinajstić information content (AvgIpc) is 2.41. The Morgan fingerprint density at radius 2 is 1.89 bits per heavy atom. The van der Waals surface area contributed by atoms with Crippen molar-refractivity contribution in [1.82, 2.24) is 4.90 Å². The van der Waals surface area contributed by atoms with E-state index in [0.29, 0.717) is 5.92 Å². The second-order valence-electron chi connectivity index (χ2n) is 4.86. The molecular formula is C14H19FN2O. The lowest BCUT2D eigenvalue weighted by Gasteiger charge is -2.31. The van der Waals surface area contributed by atoms with Gasteiger partial charge in [-0.3, -0.25) is 4.79 Å². The summed E-state index contributed by atoms with van der Waals surface area (Å²) in [7, 11) is 0. The largest absolute Gasteiger partial charge is 0.342 e. The van der Waals surface area contributed by atoms with Crippen LogP contribution in [-0.4, -0.2) is 30.4 Å². The molecule has 0 saturated carbocycles. The van der Waals surface area contributed by atoms with Gasteiger partial charge in [0, 0.05) is 13.1 Å². The smallest absolute Gasteiger partial charge is 0.236 e. The molecule has 0 atom stereocenters. The molecule has 1 aliphatic rings. The van der Waals surface area contributed by atoms with E-state index in [-0.39, 0.29) is 18.3 Å². The van der Waals surface area contributed by atoms with Crippen LogP contribution in [-0.2, 0) is 11.2 Å². The minimum atomic E-state index is -0.192. The van der Waals surface area contributed by atoms with Crippen molar-refractivity contribution < 1.29 is 9.18 Å². The van der Waals surface area contributed by atoms with Gasteiger partial charge in [0.25, 0.3) is 0 Å². The maximum Gasteiger partial charge on any atom is 0.236 e. The zero-order valence-corrected chi connectivity index (χ0v) is 10.4. The lowest BCUT2D eigenvalue weighted by Crippen LogP contribution is -2.41. The molecular weight excluding hydrogens is 231 g/mol. The van der Waals surface area contributed by atoms with Gasteiger partial charge in [0.05, 0.1) is 6.54 Å². The van der Waals surface area contributed by atoms with Gasteiger partial charge in [-0.1, -0.05) is 12.1 Å². The fourth-order valence-corrected chi connectivity index (χ4v) is 2.47.